The first kappa shape index (κ1) is 10.4. The summed E-state index contributed by atoms with van der Waals surface area (Å²) in [5.74, 6) is -0.254. The lowest BCUT2D eigenvalue weighted by Crippen LogP contribution is -1.84. The second-order valence-corrected chi connectivity index (χ2v) is 4.31. The van der Waals surface area contributed by atoms with Gasteiger partial charge in [0.15, 0.2) is 5.65 Å². The highest BCUT2D eigenvalue weighted by atomic mass is 79.9. The van der Waals surface area contributed by atoms with E-state index in [1.54, 1.807) is 24.5 Å². The van der Waals surface area contributed by atoms with Crippen LogP contribution in [-0.4, -0.2) is 14.4 Å². The van der Waals surface area contributed by atoms with Crippen LogP contribution in [0, 0.1) is 5.82 Å². The first-order chi connectivity index (χ1) is 8.25. The molecule has 0 fully saturated rings. The Morgan fingerprint density at radius 2 is 1.94 bits per heavy atom. The zero-order valence-electron chi connectivity index (χ0n) is 8.64. The van der Waals surface area contributed by atoms with Crippen molar-refractivity contribution in [1.29, 1.82) is 0 Å². The first-order valence-electron chi connectivity index (χ1n) is 4.99. The second kappa shape index (κ2) is 3.92. The molecule has 2 heterocycles. The molecule has 0 spiro atoms. The summed E-state index contributed by atoms with van der Waals surface area (Å²) < 4.78 is 15.6. The van der Waals surface area contributed by atoms with E-state index in [1.165, 1.54) is 12.1 Å². The van der Waals surface area contributed by atoms with Crippen molar-refractivity contribution >= 4 is 21.6 Å². The van der Waals surface area contributed by atoms with E-state index in [0.29, 0.717) is 0 Å². The molecule has 3 aromatic rings. The number of hydrogen-bond acceptors (Lipinski definition) is 2. The fourth-order valence-electron chi connectivity index (χ4n) is 1.67. The van der Waals surface area contributed by atoms with Gasteiger partial charge in [-0.25, -0.2) is 9.37 Å². The fourth-order valence-corrected chi connectivity index (χ4v) is 2.29. The zero-order chi connectivity index (χ0) is 11.8. The molecule has 2 aromatic heterocycles. The summed E-state index contributed by atoms with van der Waals surface area (Å²) in [5, 5.41) is 0. The molecule has 0 aliphatic heterocycles. The average Bonchev–Trinajstić information content (AvgIpc) is 2.69. The van der Waals surface area contributed by atoms with Crippen molar-refractivity contribution in [2.45, 2.75) is 0 Å². The van der Waals surface area contributed by atoms with E-state index in [2.05, 4.69) is 25.9 Å². The van der Waals surface area contributed by atoms with Crippen molar-refractivity contribution in [2.75, 3.05) is 0 Å². The third-order valence-corrected chi connectivity index (χ3v) is 3.25. The smallest absolute Gasteiger partial charge is 0.156 e. The van der Waals surface area contributed by atoms with Gasteiger partial charge in [-0.3, -0.25) is 9.38 Å². The number of imidazole rings is 1. The molecule has 0 N–H and O–H groups in total. The normalized spacial score (nSPS) is 10.9. The van der Waals surface area contributed by atoms with Crippen LogP contribution >= 0.6 is 15.9 Å². The summed E-state index contributed by atoms with van der Waals surface area (Å²) in [4.78, 5) is 8.45. The van der Waals surface area contributed by atoms with Gasteiger partial charge in [0.1, 0.15) is 16.1 Å². The van der Waals surface area contributed by atoms with Crippen molar-refractivity contribution in [3.05, 3.63) is 53.3 Å². The van der Waals surface area contributed by atoms with Crippen molar-refractivity contribution in [3.8, 4) is 11.3 Å². The molecule has 0 radical (unpaired) electrons. The zero-order valence-corrected chi connectivity index (χ0v) is 10.2. The van der Waals surface area contributed by atoms with Crippen molar-refractivity contribution in [3.63, 3.8) is 0 Å². The summed E-state index contributed by atoms with van der Waals surface area (Å²) in [6, 6.07) is 6.25. The lowest BCUT2D eigenvalue weighted by atomic mass is 10.2. The van der Waals surface area contributed by atoms with Crippen molar-refractivity contribution in [2.24, 2.45) is 0 Å². The molecule has 3 nitrogen and oxygen atoms in total. The molecule has 0 unspecified atom stereocenters. The molecule has 0 atom stereocenters. The van der Waals surface area contributed by atoms with Crippen LogP contribution in [0.5, 0.6) is 0 Å². The van der Waals surface area contributed by atoms with Gasteiger partial charge in [0.2, 0.25) is 0 Å². The maximum Gasteiger partial charge on any atom is 0.156 e. The Kier molecular flexibility index (Phi) is 2.40. The Balaban J connectivity index is 2.24. The van der Waals surface area contributed by atoms with Gasteiger partial charge in [0.25, 0.3) is 0 Å². The standard InChI is InChI=1S/C12H7BrFN3/c13-12-11(8-1-3-9(14)4-2-8)16-10-7-15-5-6-17(10)12/h1-7H. The Morgan fingerprint density at radius 3 is 2.65 bits per heavy atom. The predicted octanol–water partition coefficient (Wildman–Crippen LogP) is 3.30. The summed E-state index contributed by atoms with van der Waals surface area (Å²) in [6.07, 6.45) is 5.19. The molecule has 0 saturated heterocycles. The number of aromatic nitrogens is 3. The van der Waals surface area contributed by atoms with Crippen molar-refractivity contribution in [1.82, 2.24) is 14.4 Å². The van der Waals surface area contributed by atoms with E-state index in [1.807, 2.05) is 10.6 Å². The van der Waals surface area contributed by atoms with Gasteiger partial charge < -0.3 is 0 Å². The Labute approximate surface area is 105 Å². The van der Waals surface area contributed by atoms with Crippen LogP contribution in [0.2, 0.25) is 0 Å². The summed E-state index contributed by atoms with van der Waals surface area (Å²) >= 11 is 3.49. The molecule has 84 valence electrons. The molecule has 0 saturated carbocycles. The number of rotatable bonds is 1. The number of nitrogens with zero attached hydrogens (tertiary/aromatic N) is 3. The quantitative estimate of drug-likeness (QED) is 0.689. The lowest BCUT2D eigenvalue weighted by Gasteiger charge is -1.97. The Morgan fingerprint density at radius 1 is 1.18 bits per heavy atom. The number of halogens is 2. The third-order valence-electron chi connectivity index (χ3n) is 2.49. The molecular weight excluding hydrogens is 285 g/mol. The minimum Gasteiger partial charge on any atom is -0.291 e. The van der Waals surface area contributed by atoms with Crippen LogP contribution < -0.4 is 0 Å². The van der Waals surface area contributed by atoms with Crippen LogP contribution in [0.3, 0.4) is 0 Å². The van der Waals surface area contributed by atoms with Crippen LogP contribution in [-0.2, 0) is 0 Å². The minimum absolute atomic E-state index is 0.254. The van der Waals surface area contributed by atoms with Gasteiger partial charge in [0.05, 0.1) is 6.20 Å². The van der Waals surface area contributed by atoms with E-state index in [0.717, 1.165) is 21.5 Å². The van der Waals surface area contributed by atoms with Crippen LogP contribution in [0.1, 0.15) is 0 Å². The van der Waals surface area contributed by atoms with Gasteiger partial charge in [0, 0.05) is 18.0 Å². The molecule has 3 rings (SSSR count). The van der Waals surface area contributed by atoms with Gasteiger partial charge >= 0.3 is 0 Å². The van der Waals surface area contributed by atoms with Crippen LogP contribution in [0.4, 0.5) is 4.39 Å². The fraction of sp³-hybridized carbons (Fsp3) is 0. The molecule has 5 heteroatoms. The number of fused-ring (bicyclic) bond motifs is 1. The summed E-state index contributed by atoms with van der Waals surface area (Å²) in [7, 11) is 0. The molecule has 0 aliphatic carbocycles. The molecule has 0 amide bonds. The van der Waals surface area contributed by atoms with Crippen molar-refractivity contribution < 1.29 is 4.39 Å². The van der Waals surface area contributed by atoms with Gasteiger partial charge in [-0.1, -0.05) is 0 Å². The molecule has 1 aromatic carbocycles. The molecule has 0 aliphatic rings. The van der Waals surface area contributed by atoms with Gasteiger partial charge in [-0.05, 0) is 40.2 Å². The highest BCUT2D eigenvalue weighted by Gasteiger charge is 2.11. The maximum absolute atomic E-state index is 12.9. The lowest BCUT2D eigenvalue weighted by molar-refractivity contribution is 0.628. The predicted molar refractivity (Wildman–Crippen MR) is 66.1 cm³/mol. The number of benzene rings is 1. The Bertz CT molecular complexity index is 676. The minimum atomic E-state index is -0.254. The highest BCUT2D eigenvalue weighted by Crippen LogP contribution is 2.28. The van der Waals surface area contributed by atoms with E-state index in [4.69, 9.17) is 0 Å². The van der Waals surface area contributed by atoms with E-state index < -0.39 is 0 Å². The largest absolute Gasteiger partial charge is 0.291 e. The SMILES string of the molecule is Fc1ccc(-c2nc3cnccn3c2Br)cc1. The monoisotopic (exact) mass is 291 g/mol. The Hall–Kier alpha value is -1.75. The van der Waals surface area contributed by atoms with Gasteiger partial charge in [-0.2, -0.15) is 0 Å². The van der Waals surface area contributed by atoms with Crippen LogP contribution in [0.25, 0.3) is 16.9 Å². The third kappa shape index (κ3) is 1.72. The maximum atomic E-state index is 12.9. The van der Waals surface area contributed by atoms with E-state index >= 15 is 0 Å². The summed E-state index contributed by atoms with van der Waals surface area (Å²) in [6.45, 7) is 0. The van der Waals surface area contributed by atoms with Crippen LogP contribution in [0.15, 0.2) is 47.5 Å². The molecule has 17 heavy (non-hydrogen) atoms. The summed E-state index contributed by atoms with van der Waals surface area (Å²) in [5.41, 5.74) is 2.39. The van der Waals surface area contributed by atoms with E-state index in [9.17, 15) is 4.39 Å². The average molecular weight is 292 g/mol. The van der Waals surface area contributed by atoms with E-state index in [-0.39, 0.29) is 5.82 Å². The molecule has 0 bridgehead atoms. The van der Waals surface area contributed by atoms with Gasteiger partial charge in [-0.15, -0.1) is 0 Å². The molecular formula is C12H7BrFN3. The first-order valence-corrected chi connectivity index (χ1v) is 5.78. The number of hydrogen-bond donors (Lipinski definition) is 0. The highest BCUT2D eigenvalue weighted by molar-refractivity contribution is 9.10. The topological polar surface area (TPSA) is 30.2 Å². The second-order valence-electron chi connectivity index (χ2n) is 3.56.